The Kier molecular flexibility index (Phi) is 6.19. The Morgan fingerprint density at radius 2 is 1.45 bits per heavy atom. The van der Waals surface area contributed by atoms with Gasteiger partial charge in [0.05, 0.1) is 25.0 Å². The van der Waals surface area contributed by atoms with Gasteiger partial charge in [-0.25, -0.2) is 0 Å². The number of benzene rings is 1. The first-order valence-electron chi connectivity index (χ1n) is 10.8. The molecule has 2 atom stereocenters. The number of rotatable bonds is 3. The third-order valence-electron chi connectivity index (χ3n) is 6.35. The van der Waals surface area contributed by atoms with Crippen molar-refractivity contribution in [3.63, 3.8) is 0 Å². The first-order valence-corrected chi connectivity index (χ1v) is 10.8. The second-order valence-corrected chi connectivity index (χ2v) is 8.24. The number of carbonyl (C=O) groups is 2. The van der Waals surface area contributed by atoms with Crippen LogP contribution in [0, 0.1) is 18.8 Å². The van der Waals surface area contributed by atoms with Crippen LogP contribution in [-0.4, -0.2) is 74.1 Å². The highest BCUT2D eigenvalue weighted by molar-refractivity contribution is 5.88. The van der Waals surface area contributed by atoms with E-state index in [0.717, 1.165) is 13.1 Å². The van der Waals surface area contributed by atoms with Crippen molar-refractivity contribution < 1.29 is 14.3 Å². The van der Waals surface area contributed by atoms with Gasteiger partial charge in [0.1, 0.15) is 0 Å². The maximum Gasteiger partial charge on any atom is 0.226 e. The molecule has 29 heavy (non-hydrogen) atoms. The number of carbonyl (C=O) groups excluding carboxylic acids is 2. The highest BCUT2D eigenvalue weighted by atomic mass is 16.5. The average Bonchev–Trinajstić information content (AvgIpc) is 2.79. The van der Waals surface area contributed by atoms with Gasteiger partial charge in [-0.3, -0.25) is 9.59 Å². The standard InChI is InChI=1S/C23H31N3O3/c1-18-5-4-6-19(17-18)24-9-11-25(12-10-24)22(27)20-7-2-3-8-21(20)23(28)26-13-15-29-16-14-26/h2-6,17,20-21H,7-16H2,1H3. The van der Waals surface area contributed by atoms with Gasteiger partial charge < -0.3 is 19.4 Å². The molecule has 0 bridgehead atoms. The van der Waals surface area contributed by atoms with E-state index in [-0.39, 0.29) is 23.7 Å². The molecule has 2 unspecified atom stereocenters. The number of nitrogens with zero attached hydrogens (tertiary/aromatic N) is 3. The summed E-state index contributed by atoms with van der Waals surface area (Å²) in [6.45, 7) is 7.65. The fourth-order valence-electron chi connectivity index (χ4n) is 4.62. The zero-order valence-corrected chi connectivity index (χ0v) is 17.3. The number of amides is 2. The second kappa shape index (κ2) is 8.99. The van der Waals surface area contributed by atoms with Gasteiger partial charge >= 0.3 is 0 Å². The minimum Gasteiger partial charge on any atom is -0.378 e. The van der Waals surface area contributed by atoms with Crippen molar-refractivity contribution in [2.24, 2.45) is 11.8 Å². The van der Waals surface area contributed by atoms with Crippen LogP contribution >= 0.6 is 0 Å². The third kappa shape index (κ3) is 4.47. The van der Waals surface area contributed by atoms with E-state index < -0.39 is 0 Å². The molecule has 1 aromatic carbocycles. The van der Waals surface area contributed by atoms with Crippen LogP contribution in [0.1, 0.15) is 18.4 Å². The zero-order valence-electron chi connectivity index (χ0n) is 17.3. The van der Waals surface area contributed by atoms with Crippen LogP contribution in [0.25, 0.3) is 0 Å². The fraction of sp³-hybridized carbons (Fsp3) is 0.565. The molecule has 156 valence electrons. The molecule has 2 saturated heterocycles. The Labute approximate surface area is 173 Å². The Balaban J connectivity index is 1.39. The summed E-state index contributed by atoms with van der Waals surface area (Å²) in [5.74, 6) is -0.208. The van der Waals surface area contributed by atoms with Crippen LogP contribution in [0.15, 0.2) is 36.4 Å². The number of ether oxygens (including phenoxy) is 1. The quantitative estimate of drug-likeness (QED) is 0.733. The van der Waals surface area contributed by atoms with Crippen LogP contribution in [0.5, 0.6) is 0 Å². The number of aryl methyl sites for hydroxylation is 1. The Bertz CT molecular complexity index is 764. The van der Waals surface area contributed by atoms with Crippen molar-refractivity contribution in [3.8, 4) is 0 Å². The van der Waals surface area contributed by atoms with Gasteiger partial charge in [0, 0.05) is 45.0 Å². The van der Waals surface area contributed by atoms with Crippen LogP contribution in [-0.2, 0) is 14.3 Å². The van der Waals surface area contributed by atoms with Crippen molar-refractivity contribution in [2.75, 3.05) is 57.4 Å². The summed E-state index contributed by atoms with van der Waals surface area (Å²) in [6.07, 6.45) is 5.45. The molecule has 2 aliphatic heterocycles. The molecule has 0 aromatic heterocycles. The molecular formula is C23H31N3O3. The van der Waals surface area contributed by atoms with Gasteiger partial charge in [0.2, 0.25) is 11.8 Å². The summed E-state index contributed by atoms with van der Waals surface area (Å²) in [5, 5.41) is 0. The van der Waals surface area contributed by atoms with E-state index in [4.69, 9.17) is 4.74 Å². The average molecular weight is 398 g/mol. The molecule has 0 N–H and O–H groups in total. The first-order chi connectivity index (χ1) is 14.1. The van der Waals surface area contributed by atoms with Gasteiger partial charge in [-0.15, -0.1) is 0 Å². The summed E-state index contributed by atoms with van der Waals surface area (Å²) >= 11 is 0. The SMILES string of the molecule is Cc1cccc(N2CCN(C(=O)C3CC=CCC3C(=O)N3CCOCC3)CC2)c1. The molecule has 6 nitrogen and oxygen atoms in total. The molecular weight excluding hydrogens is 366 g/mol. The van der Waals surface area contributed by atoms with Crippen LogP contribution in [0.4, 0.5) is 5.69 Å². The Morgan fingerprint density at radius 1 is 0.862 bits per heavy atom. The lowest BCUT2D eigenvalue weighted by atomic mass is 9.80. The van der Waals surface area contributed by atoms with Gasteiger partial charge in [-0.2, -0.15) is 0 Å². The molecule has 1 aliphatic carbocycles. The van der Waals surface area contributed by atoms with Gasteiger partial charge in [0.15, 0.2) is 0 Å². The molecule has 0 spiro atoms. The lowest BCUT2D eigenvalue weighted by Gasteiger charge is -2.40. The highest BCUT2D eigenvalue weighted by Gasteiger charge is 2.39. The van der Waals surface area contributed by atoms with Gasteiger partial charge in [0.25, 0.3) is 0 Å². The minimum atomic E-state index is -0.236. The maximum absolute atomic E-state index is 13.3. The predicted octanol–water partition coefficient (Wildman–Crippen LogP) is 2.08. The fourth-order valence-corrected chi connectivity index (χ4v) is 4.62. The Morgan fingerprint density at radius 3 is 2.03 bits per heavy atom. The molecule has 2 amide bonds. The molecule has 6 heteroatoms. The molecule has 0 saturated carbocycles. The van der Waals surface area contributed by atoms with Crippen molar-refractivity contribution in [2.45, 2.75) is 19.8 Å². The summed E-state index contributed by atoms with van der Waals surface area (Å²) in [5.41, 5.74) is 2.47. The van der Waals surface area contributed by atoms with E-state index in [1.165, 1.54) is 11.3 Å². The molecule has 3 aliphatic rings. The van der Waals surface area contributed by atoms with Crippen LogP contribution < -0.4 is 4.90 Å². The maximum atomic E-state index is 13.3. The predicted molar refractivity (Wildman–Crippen MR) is 113 cm³/mol. The smallest absolute Gasteiger partial charge is 0.226 e. The lowest BCUT2D eigenvalue weighted by Crippen LogP contribution is -2.53. The number of hydrogen-bond acceptors (Lipinski definition) is 4. The summed E-state index contributed by atoms with van der Waals surface area (Å²) in [4.78, 5) is 32.6. The minimum absolute atomic E-state index is 0.120. The van der Waals surface area contributed by atoms with Crippen LogP contribution in [0.3, 0.4) is 0 Å². The van der Waals surface area contributed by atoms with E-state index in [1.54, 1.807) is 0 Å². The normalized spacial score (nSPS) is 25.2. The summed E-state index contributed by atoms with van der Waals surface area (Å²) in [7, 11) is 0. The second-order valence-electron chi connectivity index (χ2n) is 8.24. The monoisotopic (exact) mass is 397 g/mol. The molecule has 2 heterocycles. The van der Waals surface area contributed by atoms with E-state index in [1.807, 2.05) is 9.80 Å². The first kappa shape index (κ1) is 20.0. The van der Waals surface area contributed by atoms with E-state index in [9.17, 15) is 9.59 Å². The largest absolute Gasteiger partial charge is 0.378 e. The molecule has 1 aromatic rings. The topological polar surface area (TPSA) is 53.1 Å². The summed E-state index contributed by atoms with van der Waals surface area (Å²) < 4.78 is 5.37. The van der Waals surface area contributed by atoms with Crippen molar-refractivity contribution in [1.82, 2.24) is 9.80 Å². The zero-order chi connectivity index (χ0) is 20.2. The highest BCUT2D eigenvalue weighted by Crippen LogP contribution is 2.30. The number of morpholine rings is 1. The van der Waals surface area contributed by atoms with E-state index in [2.05, 4.69) is 48.2 Å². The number of hydrogen-bond donors (Lipinski definition) is 0. The van der Waals surface area contributed by atoms with E-state index >= 15 is 0 Å². The van der Waals surface area contributed by atoms with Gasteiger partial charge in [-0.1, -0.05) is 24.3 Å². The van der Waals surface area contributed by atoms with Gasteiger partial charge in [-0.05, 0) is 37.5 Å². The number of piperazine rings is 1. The molecule has 4 rings (SSSR count). The Hall–Kier alpha value is -2.34. The van der Waals surface area contributed by atoms with E-state index in [0.29, 0.717) is 52.2 Å². The van der Waals surface area contributed by atoms with Crippen molar-refractivity contribution in [1.29, 1.82) is 0 Å². The van der Waals surface area contributed by atoms with Crippen molar-refractivity contribution >= 4 is 17.5 Å². The lowest BCUT2D eigenvalue weighted by molar-refractivity contribution is -0.149. The van der Waals surface area contributed by atoms with Crippen molar-refractivity contribution in [3.05, 3.63) is 42.0 Å². The van der Waals surface area contributed by atoms with Crippen LogP contribution in [0.2, 0.25) is 0 Å². The number of allylic oxidation sites excluding steroid dienone is 2. The molecule has 2 fully saturated rings. The number of anilines is 1. The third-order valence-corrected chi connectivity index (χ3v) is 6.35. The summed E-state index contributed by atoms with van der Waals surface area (Å²) in [6, 6.07) is 8.51. The molecule has 0 radical (unpaired) electrons.